The molecule has 9 rings (SSSR count). The molecule has 45 atom stereocenters. The lowest BCUT2D eigenvalue weighted by Gasteiger charge is -2.50. The number of ether oxygens (including phenoxy) is 17. The molecule has 0 radical (unpaired) electrons. The number of carbonyl (C=O) groups is 2. The van der Waals surface area contributed by atoms with Gasteiger partial charge in [0.2, 0.25) is 11.8 Å². The average molecular weight is 1560 g/mol. The number of rotatable bonds is 27. The molecule has 29 N–H and O–H groups in total. The van der Waals surface area contributed by atoms with Crippen LogP contribution in [0.1, 0.15) is 13.8 Å². The van der Waals surface area contributed by atoms with Gasteiger partial charge in [0.1, 0.15) is 220 Å². The first-order valence-electron chi connectivity index (χ1n) is 33.7. The zero-order valence-corrected chi connectivity index (χ0v) is 56.2. The monoisotopic (exact) mass is 1560 g/mol. The molecule has 0 aromatic rings. The van der Waals surface area contributed by atoms with E-state index in [1.807, 2.05) is 0 Å². The van der Waals surface area contributed by atoms with Gasteiger partial charge in [0.15, 0.2) is 56.6 Å². The van der Waals surface area contributed by atoms with Gasteiger partial charge in [-0.2, -0.15) is 0 Å². The van der Waals surface area contributed by atoms with Gasteiger partial charge in [-0.1, -0.05) is 0 Å². The summed E-state index contributed by atoms with van der Waals surface area (Å²) < 4.78 is 98.8. The normalized spacial score (nSPS) is 51.2. The van der Waals surface area contributed by atoms with E-state index in [9.17, 15) is 147 Å². The molecular formula is C58H98N2O46. The van der Waals surface area contributed by atoms with Crippen LogP contribution in [-0.4, -0.2) is 485 Å². The Morgan fingerprint density at radius 2 is 0.519 bits per heavy atom. The third-order valence-electron chi connectivity index (χ3n) is 19.5. The zero-order valence-electron chi connectivity index (χ0n) is 56.2. The van der Waals surface area contributed by atoms with Crippen LogP contribution < -0.4 is 10.6 Å². The number of aliphatic hydroxyl groups is 27. The molecule has 0 unspecified atom stereocenters. The minimum Gasteiger partial charge on any atom is -0.394 e. The fraction of sp³-hybridized carbons (Fsp3) is 0.966. The van der Waals surface area contributed by atoms with Crippen LogP contribution in [-0.2, 0) is 90.1 Å². The standard InChI is InChI=1S/C58H98N2O46/c1-12(68)59-23-32(77)44(19(8-66)92-50(23)89)101-51-24(60-13(2)69)33(78)45(20(9-67)98-51)102-56-43(88)47(103-53-39(84)34(79)25(70)14(3-61)93-53)31(76)22(100-56)10-90-52-42(87)46(104-58-49(38(83)29(74)18(7-65)97-58)106-55-41(86)36(81)27(72)16(5-63)95-55)30(75)21(99-52)11-91-57-48(37(82)28(73)17(6-64)96-57)105-54-40(85)35(80)26(71)15(4-62)94-54/h14-58,61-67,70-89H,3-11H2,1-2H3,(H,59,68)(H,60,69)/t14-,15-,16-,17-,18-,19-,20-,21-,22-,23-,24-,25-,26-,27-,28-,29-,30-,31-,32-,33-,34+,35+,36+,37+,38+,39+,40+,41+,42+,43+,44-,45-,46+,47+,48+,49+,50-,51+,52+,53+,54-,55-,56+,57+,58-/m1/s1. The number of hydrogen-bond acceptors (Lipinski definition) is 46. The molecule has 106 heavy (non-hydrogen) atoms. The maximum Gasteiger partial charge on any atom is 0.217 e. The topological polar surface area (TPSA) is 761 Å². The van der Waals surface area contributed by atoms with E-state index in [0.717, 1.165) is 13.8 Å². The largest absolute Gasteiger partial charge is 0.394 e. The molecule has 2 amide bonds. The molecule has 0 bridgehead atoms. The average Bonchev–Trinajstić information content (AvgIpc) is 0.769. The van der Waals surface area contributed by atoms with Crippen molar-refractivity contribution in [3.63, 3.8) is 0 Å². The first-order valence-corrected chi connectivity index (χ1v) is 33.7. The SMILES string of the molecule is CC(=O)N[C@@H]1[C@@H](O)[C@H](O[C@@H]2O[C@H](CO)[C@@H](O[C@@H]3O[C@H](CO[C@H]4O[C@H](CO[C@H]5O[C@H](CO)[C@@H](O)[C@H](O)[C@@H]5O[C@H]5O[C@H](CO)[C@@H](O)[C@H](O)[C@@H]5O)[C@@H](O)[C@H](O[C@H]5O[C@H](CO)[C@@H](O)[C@H](O)[C@@H]5O[C@H]5O[C@H](CO)[C@@H](O)[C@H](O)[C@@H]5O)[C@@H]4O)[C@@H](O)[C@H](O[C@@H]4O[C@H](CO)[C@@H](O)[C@H](O)[C@@H]4O)[C@@H]3O)[C@H](O)[C@H]2NC(C)=O)[C@@H](CO)O[C@H]1O. The molecular weight excluding hydrogens is 1460 g/mol. The molecule has 9 heterocycles. The molecule has 9 aliphatic heterocycles. The predicted octanol–water partition coefficient (Wildman–Crippen LogP) is -20.3. The van der Waals surface area contributed by atoms with Crippen molar-refractivity contribution in [2.75, 3.05) is 59.5 Å². The lowest BCUT2D eigenvalue weighted by molar-refractivity contribution is -0.397. The zero-order chi connectivity index (χ0) is 77.9. The first kappa shape index (κ1) is 87.2. The smallest absolute Gasteiger partial charge is 0.217 e. The van der Waals surface area contributed by atoms with Crippen LogP contribution >= 0.6 is 0 Å². The maximum absolute atomic E-state index is 12.9. The maximum atomic E-state index is 12.9. The molecule has 616 valence electrons. The molecule has 0 aliphatic carbocycles. The van der Waals surface area contributed by atoms with Gasteiger partial charge in [-0.25, -0.2) is 0 Å². The van der Waals surface area contributed by atoms with Crippen molar-refractivity contribution in [3.8, 4) is 0 Å². The Bertz CT molecular complexity index is 2710. The van der Waals surface area contributed by atoms with Crippen LogP contribution in [0.5, 0.6) is 0 Å². The minimum atomic E-state index is -2.50. The highest BCUT2D eigenvalue weighted by atomic mass is 16.8. The highest BCUT2D eigenvalue weighted by molar-refractivity contribution is 5.73. The second-order valence-electron chi connectivity index (χ2n) is 26.7. The summed E-state index contributed by atoms with van der Waals surface area (Å²) in [6.45, 7) is -7.77. The van der Waals surface area contributed by atoms with E-state index in [2.05, 4.69) is 10.6 Å². The summed E-state index contributed by atoms with van der Waals surface area (Å²) in [7, 11) is 0. The fourth-order valence-electron chi connectivity index (χ4n) is 13.5. The predicted molar refractivity (Wildman–Crippen MR) is 320 cm³/mol. The summed E-state index contributed by atoms with van der Waals surface area (Å²) in [5.41, 5.74) is 0. The quantitative estimate of drug-likeness (QED) is 0.0363. The van der Waals surface area contributed by atoms with Crippen molar-refractivity contribution in [2.24, 2.45) is 0 Å². The van der Waals surface area contributed by atoms with Gasteiger partial charge in [-0.05, 0) is 0 Å². The summed E-state index contributed by atoms with van der Waals surface area (Å²) in [6.07, 6.45) is -90.3. The summed E-state index contributed by atoms with van der Waals surface area (Å²) in [6, 6.07) is -3.51. The highest BCUT2D eigenvalue weighted by Crippen LogP contribution is 2.39. The third kappa shape index (κ3) is 18.7. The Kier molecular flexibility index (Phi) is 31.1. The number of amides is 2. The van der Waals surface area contributed by atoms with Crippen LogP contribution in [0.15, 0.2) is 0 Å². The van der Waals surface area contributed by atoms with Crippen LogP contribution in [0.2, 0.25) is 0 Å². The Morgan fingerprint density at radius 3 is 0.934 bits per heavy atom. The Labute approximate surface area is 598 Å². The third-order valence-corrected chi connectivity index (χ3v) is 19.5. The van der Waals surface area contributed by atoms with E-state index in [-0.39, 0.29) is 0 Å². The van der Waals surface area contributed by atoms with Gasteiger partial charge < -0.3 is 229 Å². The second-order valence-corrected chi connectivity index (χ2v) is 26.7. The molecule has 48 nitrogen and oxygen atoms in total. The summed E-state index contributed by atoms with van der Waals surface area (Å²) >= 11 is 0. The molecule has 9 aliphatic rings. The van der Waals surface area contributed by atoms with Crippen molar-refractivity contribution < 1.29 is 228 Å². The molecule has 0 saturated carbocycles. The molecule has 0 aromatic carbocycles. The van der Waals surface area contributed by atoms with E-state index < -0.39 is 348 Å². The second kappa shape index (κ2) is 37.9. The number of hydrogen-bond donors (Lipinski definition) is 29. The Morgan fingerprint density at radius 1 is 0.245 bits per heavy atom. The van der Waals surface area contributed by atoms with Gasteiger partial charge in [-0.3, -0.25) is 9.59 Å². The molecule has 48 heteroatoms. The van der Waals surface area contributed by atoms with Crippen LogP contribution in [0.4, 0.5) is 0 Å². The van der Waals surface area contributed by atoms with E-state index in [1.165, 1.54) is 0 Å². The molecule has 9 fully saturated rings. The Hall–Kier alpha value is -2.82. The molecule has 0 aromatic heterocycles. The lowest BCUT2D eigenvalue weighted by Crippen LogP contribution is -2.70. The van der Waals surface area contributed by atoms with Gasteiger partial charge in [0.05, 0.1) is 59.5 Å². The van der Waals surface area contributed by atoms with Gasteiger partial charge in [-0.15, -0.1) is 0 Å². The van der Waals surface area contributed by atoms with Crippen molar-refractivity contribution in [2.45, 2.75) is 290 Å². The van der Waals surface area contributed by atoms with Crippen molar-refractivity contribution in [1.29, 1.82) is 0 Å². The first-order chi connectivity index (χ1) is 50.2. The highest BCUT2D eigenvalue weighted by Gasteiger charge is 2.60. The van der Waals surface area contributed by atoms with E-state index in [1.54, 1.807) is 0 Å². The van der Waals surface area contributed by atoms with E-state index in [0.29, 0.717) is 0 Å². The van der Waals surface area contributed by atoms with Crippen LogP contribution in [0.3, 0.4) is 0 Å². The number of carbonyl (C=O) groups excluding carboxylic acids is 2. The van der Waals surface area contributed by atoms with Gasteiger partial charge in [0, 0.05) is 13.8 Å². The van der Waals surface area contributed by atoms with Crippen molar-refractivity contribution in [1.82, 2.24) is 10.6 Å². The number of aliphatic hydroxyl groups excluding tert-OH is 27. The number of nitrogens with one attached hydrogen (secondary N) is 2. The lowest BCUT2D eigenvalue weighted by atomic mass is 9.94. The molecule has 0 spiro atoms. The van der Waals surface area contributed by atoms with E-state index in [4.69, 9.17) is 80.5 Å². The summed E-state index contributed by atoms with van der Waals surface area (Å²) in [5, 5.41) is 301. The van der Waals surface area contributed by atoms with Crippen molar-refractivity contribution in [3.05, 3.63) is 0 Å². The van der Waals surface area contributed by atoms with Crippen LogP contribution in [0, 0.1) is 0 Å². The minimum absolute atomic E-state index is 0.774. The summed E-state index contributed by atoms with van der Waals surface area (Å²) in [4.78, 5) is 24.9. The summed E-state index contributed by atoms with van der Waals surface area (Å²) in [5.74, 6) is -1.69. The van der Waals surface area contributed by atoms with E-state index >= 15 is 0 Å². The molecule has 9 saturated heterocycles. The van der Waals surface area contributed by atoms with Gasteiger partial charge in [0.25, 0.3) is 0 Å². The fourth-order valence-corrected chi connectivity index (χ4v) is 13.5. The van der Waals surface area contributed by atoms with Crippen LogP contribution in [0.25, 0.3) is 0 Å². The van der Waals surface area contributed by atoms with Gasteiger partial charge >= 0.3 is 0 Å². The Balaban J connectivity index is 1.04. The van der Waals surface area contributed by atoms with Crippen molar-refractivity contribution >= 4 is 11.8 Å².